The zero-order chi connectivity index (χ0) is 44.2. The third kappa shape index (κ3) is 9.86. The Labute approximate surface area is 375 Å². The average Bonchev–Trinajstić information content (AvgIpc) is 4.13. The number of fused-ring (bicyclic) bond motifs is 3. The number of rotatable bonds is 18. The van der Waals surface area contributed by atoms with Gasteiger partial charge in [0.2, 0.25) is 0 Å². The first-order valence-corrected chi connectivity index (χ1v) is 23.2. The van der Waals surface area contributed by atoms with Gasteiger partial charge in [0.15, 0.2) is 0 Å². The van der Waals surface area contributed by atoms with Gasteiger partial charge in [-0.05, 0) is 161 Å². The summed E-state index contributed by atoms with van der Waals surface area (Å²) in [6, 6.07) is 38.5. The van der Waals surface area contributed by atoms with E-state index in [2.05, 4.69) is 130 Å². The summed E-state index contributed by atoms with van der Waals surface area (Å²) >= 11 is 0. The number of aliphatic carboxylic acids is 3. The Morgan fingerprint density at radius 3 is 1.05 bits per heavy atom. The molecule has 3 saturated heterocycles. The van der Waals surface area contributed by atoms with Gasteiger partial charge in [-0.1, -0.05) is 109 Å². The van der Waals surface area contributed by atoms with Gasteiger partial charge in [-0.15, -0.1) is 0 Å². The lowest BCUT2D eigenvalue weighted by Crippen LogP contribution is -2.27. The van der Waals surface area contributed by atoms with Crippen molar-refractivity contribution in [2.75, 3.05) is 39.3 Å². The highest BCUT2D eigenvalue weighted by atomic mass is 16.4. The van der Waals surface area contributed by atoms with Gasteiger partial charge in [-0.2, -0.15) is 0 Å². The van der Waals surface area contributed by atoms with Crippen molar-refractivity contribution in [3.05, 3.63) is 143 Å². The van der Waals surface area contributed by atoms with Crippen LogP contribution in [0.4, 0.5) is 0 Å². The lowest BCUT2D eigenvalue weighted by molar-refractivity contribution is -0.144. The normalized spacial score (nSPS) is 20.3. The molecule has 332 valence electrons. The third-order valence-corrected chi connectivity index (χ3v) is 14.6. The fourth-order valence-corrected chi connectivity index (χ4v) is 11.0. The zero-order valence-corrected chi connectivity index (χ0v) is 36.5. The van der Waals surface area contributed by atoms with Gasteiger partial charge in [-0.25, -0.2) is 0 Å². The van der Waals surface area contributed by atoms with Crippen LogP contribution in [0.1, 0.15) is 52.6 Å². The number of nitrogens with zero attached hydrogens (tertiary/aromatic N) is 1. The van der Waals surface area contributed by atoms with E-state index >= 15 is 0 Å². The number of carboxylic acid groups (broad SMARTS) is 3. The second kappa shape index (κ2) is 19.6. The zero-order valence-electron chi connectivity index (χ0n) is 36.5. The summed E-state index contributed by atoms with van der Waals surface area (Å²) in [5, 5.41) is 47.6. The van der Waals surface area contributed by atoms with E-state index in [-0.39, 0.29) is 17.8 Å². The minimum atomic E-state index is -0.743. The maximum absolute atomic E-state index is 12.5. The number of hydrogen-bond donors (Lipinski definition) is 6. The Bertz CT molecular complexity index is 2360. The summed E-state index contributed by atoms with van der Waals surface area (Å²) in [6.07, 6.45) is 4.04. The third-order valence-electron chi connectivity index (χ3n) is 14.6. The molecule has 0 amide bonds. The first-order valence-electron chi connectivity index (χ1n) is 23.2. The second-order valence-electron chi connectivity index (χ2n) is 18.8. The Kier molecular flexibility index (Phi) is 13.4. The van der Waals surface area contributed by atoms with Gasteiger partial charge < -0.3 is 31.3 Å². The molecule has 0 saturated carbocycles. The molecular weight excluding hydrogens is 801 g/mol. The van der Waals surface area contributed by atoms with Crippen molar-refractivity contribution in [2.45, 2.75) is 58.2 Å². The molecule has 64 heavy (non-hydrogen) atoms. The van der Waals surface area contributed by atoms with Crippen molar-refractivity contribution in [1.29, 1.82) is 0 Å². The molecule has 0 bridgehead atoms. The van der Waals surface area contributed by atoms with Crippen molar-refractivity contribution < 1.29 is 29.7 Å². The monoisotopic (exact) mass is 860 g/mol. The summed E-state index contributed by atoms with van der Waals surface area (Å²) in [6.45, 7) is 6.60. The molecule has 0 aromatic heterocycles. The molecule has 3 aliphatic rings. The number of carboxylic acids is 3. The van der Waals surface area contributed by atoms with Gasteiger partial charge in [0, 0.05) is 19.6 Å². The lowest BCUT2D eigenvalue weighted by Gasteiger charge is -2.26. The van der Waals surface area contributed by atoms with E-state index in [1.165, 1.54) is 0 Å². The van der Waals surface area contributed by atoms with Crippen molar-refractivity contribution in [1.82, 2.24) is 20.9 Å². The predicted molar refractivity (Wildman–Crippen MR) is 252 cm³/mol. The summed E-state index contributed by atoms with van der Waals surface area (Å²) < 4.78 is 0. The summed E-state index contributed by atoms with van der Waals surface area (Å²) in [5.41, 5.74) is 6.53. The van der Waals surface area contributed by atoms with Crippen LogP contribution in [-0.2, 0) is 53.3 Å². The van der Waals surface area contributed by atoms with E-state index in [1.807, 2.05) is 0 Å². The Morgan fingerprint density at radius 1 is 0.469 bits per heavy atom. The van der Waals surface area contributed by atoms with Gasteiger partial charge in [0.25, 0.3) is 0 Å². The molecule has 0 unspecified atom stereocenters. The van der Waals surface area contributed by atoms with Crippen LogP contribution < -0.4 is 16.0 Å². The fourth-order valence-electron chi connectivity index (χ4n) is 11.0. The second-order valence-corrected chi connectivity index (χ2v) is 18.8. The largest absolute Gasteiger partial charge is 0.481 e. The molecule has 0 spiro atoms. The van der Waals surface area contributed by atoms with E-state index in [9.17, 15) is 29.7 Å². The maximum atomic E-state index is 12.5. The van der Waals surface area contributed by atoms with E-state index in [1.54, 1.807) is 0 Å². The molecule has 10 nitrogen and oxygen atoms in total. The summed E-state index contributed by atoms with van der Waals surface area (Å²) in [5.74, 6) is -3.28. The maximum Gasteiger partial charge on any atom is 0.307 e. The molecule has 6 atom stereocenters. The SMILES string of the molecule is O=C(O)[C@@H](Cc1ccc2cccc(CN(Cc3cccc4ccc(C[C@H](C(=O)O)[C@H]5CCNC5)cc34)Cc3cccc4ccc(C[C@H](C(=O)O)[C@H]5CCNC5)cc34)c2c1)[C@H]1CCNC1. The van der Waals surface area contributed by atoms with Gasteiger partial charge in [-0.3, -0.25) is 19.3 Å². The predicted octanol–water partition coefficient (Wildman–Crippen LogP) is 7.91. The number of nitrogens with one attached hydrogen (secondary N) is 3. The van der Waals surface area contributed by atoms with Crippen LogP contribution in [0.5, 0.6) is 0 Å². The molecule has 10 heteroatoms. The van der Waals surface area contributed by atoms with E-state index in [0.717, 1.165) is 124 Å². The van der Waals surface area contributed by atoms with Crippen LogP contribution in [0.3, 0.4) is 0 Å². The highest BCUT2D eigenvalue weighted by Crippen LogP contribution is 2.33. The highest BCUT2D eigenvalue weighted by Gasteiger charge is 2.33. The molecule has 3 fully saturated rings. The molecule has 3 heterocycles. The van der Waals surface area contributed by atoms with Crippen LogP contribution in [0.2, 0.25) is 0 Å². The highest BCUT2D eigenvalue weighted by molar-refractivity contribution is 5.89. The molecule has 3 aliphatic heterocycles. The van der Waals surface area contributed by atoms with Crippen molar-refractivity contribution >= 4 is 50.2 Å². The van der Waals surface area contributed by atoms with E-state index < -0.39 is 35.7 Å². The molecule has 0 aliphatic carbocycles. The minimum absolute atomic E-state index is 0.103. The molecule has 6 aromatic rings. The molecule has 9 rings (SSSR count). The Morgan fingerprint density at radius 2 is 0.781 bits per heavy atom. The summed E-state index contributed by atoms with van der Waals surface area (Å²) in [7, 11) is 0. The molecule has 0 radical (unpaired) electrons. The minimum Gasteiger partial charge on any atom is -0.481 e. The van der Waals surface area contributed by atoms with Crippen molar-refractivity contribution in [3.63, 3.8) is 0 Å². The smallest absolute Gasteiger partial charge is 0.307 e. The topological polar surface area (TPSA) is 151 Å². The van der Waals surface area contributed by atoms with Gasteiger partial charge >= 0.3 is 17.9 Å². The lowest BCUT2D eigenvalue weighted by atomic mass is 9.85. The van der Waals surface area contributed by atoms with Crippen LogP contribution in [0, 0.1) is 35.5 Å². The quantitative estimate of drug-likeness (QED) is 0.0504. The molecule has 6 N–H and O–H groups in total. The van der Waals surface area contributed by atoms with Crippen LogP contribution >= 0.6 is 0 Å². The van der Waals surface area contributed by atoms with E-state index in [0.29, 0.717) is 38.9 Å². The summed E-state index contributed by atoms with van der Waals surface area (Å²) in [4.78, 5) is 40.1. The first kappa shape index (κ1) is 43.6. The molecule has 6 aromatic carbocycles. The Hall–Kier alpha value is -5.65. The van der Waals surface area contributed by atoms with Crippen LogP contribution in [0.25, 0.3) is 32.3 Å². The van der Waals surface area contributed by atoms with Crippen LogP contribution in [0.15, 0.2) is 109 Å². The van der Waals surface area contributed by atoms with Gasteiger partial charge in [0.1, 0.15) is 0 Å². The van der Waals surface area contributed by atoms with Crippen molar-refractivity contribution in [3.8, 4) is 0 Å². The average molecular weight is 861 g/mol. The fraction of sp³-hybridized carbons (Fsp3) is 0.389. The number of benzene rings is 6. The number of hydrogen-bond acceptors (Lipinski definition) is 7. The first-order chi connectivity index (χ1) is 31.2. The van der Waals surface area contributed by atoms with Crippen molar-refractivity contribution in [2.24, 2.45) is 35.5 Å². The number of carbonyl (C=O) groups is 3. The Balaban J connectivity index is 1.08. The standard InChI is InChI=1S/C54H60N4O6/c59-52(60)49(40-16-19-55-28-40)25-34-10-13-37-4-1-7-43(46(37)22-34)31-58(32-44-8-2-5-38-14-11-35(23-47(38)44)26-50(53(61)62)41-17-20-56-29-41)33-45-9-3-6-39-15-12-36(24-48(39)45)27-51(54(63)64)42-18-21-57-30-42/h1-15,22-24,40-42,49-51,55-57H,16-21,25-33H2,(H,59,60)(H,61,62)(H,63,64)/t40-,41-,42-,49-,50-,51-/m0/s1. The molecular formula is C54H60N4O6. The van der Waals surface area contributed by atoms with Crippen LogP contribution in [-0.4, -0.2) is 77.4 Å². The van der Waals surface area contributed by atoms with E-state index in [4.69, 9.17) is 0 Å². The van der Waals surface area contributed by atoms with Gasteiger partial charge in [0.05, 0.1) is 17.8 Å².